The number of carboxylic acids is 1. The molecule has 0 aliphatic heterocycles. The molecule has 1 amide bonds. The minimum absolute atomic E-state index is 0.219. The largest absolute Gasteiger partial charge is 0.478 e. The van der Waals surface area contributed by atoms with E-state index in [-0.39, 0.29) is 11.5 Å². The highest BCUT2D eigenvalue weighted by Gasteiger charge is 2.12. The molecule has 2 N–H and O–H groups in total. The average molecular weight is 369 g/mol. The van der Waals surface area contributed by atoms with Gasteiger partial charge in [-0.05, 0) is 29.8 Å². The van der Waals surface area contributed by atoms with Crippen molar-refractivity contribution in [2.45, 2.75) is 17.6 Å². The summed E-state index contributed by atoms with van der Waals surface area (Å²) in [6, 6.07) is 13.2. The summed E-state index contributed by atoms with van der Waals surface area (Å²) in [7, 11) is 0. The fourth-order valence-corrected chi connectivity index (χ4v) is 3.59. The predicted molar refractivity (Wildman–Crippen MR) is 99.8 cm³/mol. The van der Waals surface area contributed by atoms with Crippen LogP contribution in [0.5, 0.6) is 0 Å². The first-order valence-electron chi connectivity index (χ1n) is 7.73. The number of rotatable bonds is 5. The Labute approximate surface area is 152 Å². The summed E-state index contributed by atoms with van der Waals surface area (Å²) in [5.41, 5.74) is 1.35. The molecule has 132 valence electrons. The SMILES string of the molecule is CC(=O)Nc1ccc2c(CSc3ccccc3C(=O)O)cc(=O)oc2c1. The summed E-state index contributed by atoms with van der Waals surface area (Å²) < 4.78 is 5.23. The summed E-state index contributed by atoms with van der Waals surface area (Å²) in [6.45, 7) is 1.40. The summed E-state index contributed by atoms with van der Waals surface area (Å²) in [6.07, 6.45) is 0. The molecular weight excluding hydrogens is 354 g/mol. The van der Waals surface area contributed by atoms with E-state index in [1.165, 1.54) is 24.8 Å². The molecule has 1 heterocycles. The summed E-state index contributed by atoms with van der Waals surface area (Å²) >= 11 is 1.34. The quantitative estimate of drug-likeness (QED) is 0.525. The van der Waals surface area contributed by atoms with Gasteiger partial charge in [-0.1, -0.05) is 12.1 Å². The van der Waals surface area contributed by atoms with Gasteiger partial charge in [0, 0.05) is 40.8 Å². The van der Waals surface area contributed by atoms with Crippen LogP contribution in [0.1, 0.15) is 22.8 Å². The molecule has 0 aliphatic carbocycles. The van der Waals surface area contributed by atoms with Gasteiger partial charge in [-0.3, -0.25) is 4.79 Å². The number of anilines is 1. The fraction of sp³-hybridized carbons (Fsp3) is 0.105. The van der Waals surface area contributed by atoms with Crippen molar-refractivity contribution < 1.29 is 19.1 Å². The lowest BCUT2D eigenvalue weighted by atomic mass is 10.1. The van der Waals surface area contributed by atoms with E-state index in [1.807, 2.05) is 0 Å². The van der Waals surface area contributed by atoms with Gasteiger partial charge in [0.05, 0.1) is 5.56 Å². The Morgan fingerprint density at radius 3 is 2.65 bits per heavy atom. The second-order valence-corrected chi connectivity index (χ2v) is 6.59. The van der Waals surface area contributed by atoms with Crippen LogP contribution >= 0.6 is 11.8 Å². The van der Waals surface area contributed by atoms with Crippen molar-refractivity contribution in [3.05, 3.63) is 70.1 Å². The molecule has 0 spiro atoms. The Morgan fingerprint density at radius 2 is 1.92 bits per heavy atom. The van der Waals surface area contributed by atoms with E-state index in [4.69, 9.17) is 4.42 Å². The Bertz CT molecular complexity index is 1060. The van der Waals surface area contributed by atoms with Crippen LogP contribution in [-0.4, -0.2) is 17.0 Å². The fourth-order valence-electron chi connectivity index (χ4n) is 2.56. The predicted octanol–water partition coefficient (Wildman–Crippen LogP) is 3.74. The van der Waals surface area contributed by atoms with Gasteiger partial charge in [-0.2, -0.15) is 0 Å². The number of nitrogens with one attached hydrogen (secondary N) is 1. The van der Waals surface area contributed by atoms with Crippen LogP contribution in [-0.2, 0) is 10.5 Å². The molecule has 1 aromatic heterocycles. The molecule has 6 nitrogen and oxygen atoms in total. The normalized spacial score (nSPS) is 10.7. The Balaban J connectivity index is 1.94. The molecule has 2 aromatic carbocycles. The molecule has 0 saturated heterocycles. The maximum atomic E-state index is 11.9. The first-order valence-corrected chi connectivity index (χ1v) is 8.72. The highest BCUT2D eigenvalue weighted by atomic mass is 32.2. The molecule has 0 saturated carbocycles. The van der Waals surface area contributed by atoms with Crippen LogP contribution in [0.4, 0.5) is 5.69 Å². The topological polar surface area (TPSA) is 96.6 Å². The van der Waals surface area contributed by atoms with E-state index >= 15 is 0 Å². The molecule has 7 heteroatoms. The smallest absolute Gasteiger partial charge is 0.336 e. The van der Waals surface area contributed by atoms with Crippen LogP contribution in [0.25, 0.3) is 11.0 Å². The van der Waals surface area contributed by atoms with Crippen molar-refractivity contribution >= 4 is 40.3 Å². The molecule has 3 rings (SSSR count). The van der Waals surface area contributed by atoms with Crippen LogP contribution < -0.4 is 10.9 Å². The number of benzene rings is 2. The van der Waals surface area contributed by atoms with E-state index in [0.29, 0.717) is 21.9 Å². The van der Waals surface area contributed by atoms with Gasteiger partial charge in [0.15, 0.2) is 0 Å². The molecular formula is C19H15NO5S. The van der Waals surface area contributed by atoms with Gasteiger partial charge in [0.1, 0.15) is 5.58 Å². The molecule has 0 unspecified atom stereocenters. The average Bonchev–Trinajstić information content (AvgIpc) is 2.58. The zero-order valence-corrected chi connectivity index (χ0v) is 14.6. The minimum Gasteiger partial charge on any atom is -0.478 e. The monoisotopic (exact) mass is 369 g/mol. The van der Waals surface area contributed by atoms with Crippen molar-refractivity contribution in [3.63, 3.8) is 0 Å². The highest BCUT2D eigenvalue weighted by Crippen LogP contribution is 2.29. The van der Waals surface area contributed by atoms with Crippen LogP contribution in [0, 0.1) is 0 Å². The van der Waals surface area contributed by atoms with Crippen LogP contribution in [0.3, 0.4) is 0 Å². The number of hydrogen-bond donors (Lipinski definition) is 2. The molecule has 0 radical (unpaired) electrons. The summed E-state index contributed by atoms with van der Waals surface area (Å²) in [4.78, 5) is 35.0. The standard InChI is InChI=1S/C19H15NO5S/c1-11(21)20-13-6-7-14-12(8-18(22)25-16(14)9-13)10-26-17-5-3-2-4-15(17)19(23)24/h2-9H,10H2,1H3,(H,20,21)(H,23,24). The van der Waals surface area contributed by atoms with E-state index < -0.39 is 11.6 Å². The van der Waals surface area contributed by atoms with Gasteiger partial charge in [0.2, 0.25) is 5.91 Å². The maximum absolute atomic E-state index is 11.9. The Hall–Kier alpha value is -3.06. The molecule has 0 atom stereocenters. The number of aromatic carboxylic acids is 1. The summed E-state index contributed by atoms with van der Waals surface area (Å²) in [5.74, 6) is -0.805. The summed E-state index contributed by atoms with van der Waals surface area (Å²) in [5, 5.41) is 12.6. The number of carbonyl (C=O) groups is 2. The second-order valence-electron chi connectivity index (χ2n) is 5.57. The van der Waals surface area contributed by atoms with Crippen molar-refractivity contribution in [2.75, 3.05) is 5.32 Å². The van der Waals surface area contributed by atoms with Gasteiger partial charge in [-0.15, -0.1) is 11.8 Å². The number of fused-ring (bicyclic) bond motifs is 1. The molecule has 0 aliphatic rings. The highest BCUT2D eigenvalue weighted by molar-refractivity contribution is 7.98. The first-order chi connectivity index (χ1) is 12.4. The van der Waals surface area contributed by atoms with Gasteiger partial charge < -0.3 is 14.8 Å². The van der Waals surface area contributed by atoms with Crippen molar-refractivity contribution in [1.82, 2.24) is 0 Å². The van der Waals surface area contributed by atoms with Crippen LogP contribution in [0.15, 0.2) is 62.6 Å². The Kier molecular flexibility index (Phi) is 5.09. The van der Waals surface area contributed by atoms with Crippen molar-refractivity contribution in [3.8, 4) is 0 Å². The zero-order valence-electron chi connectivity index (χ0n) is 13.8. The zero-order chi connectivity index (χ0) is 18.7. The number of carboxylic acid groups (broad SMARTS) is 1. The van der Waals surface area contributed by atoms with Crippen molar-refractivity contribution in [2.24, 2.45) is 0 Å². The van der Waals surface area contributed by atoms with E-state index in [9.17, 15) is 19.5 Å². The lowest BCUT2D eigenvalue weighted by Crippen LogP contribution is -2.06. The number of thioether (sulfide) groups is 1. The van der Waals surface area contributed by atoms with Crippen molar-refractivity contribution in [1.29, 1.82) is 0 Å². The maximum Gasteiger partial charge on any atom is 0.336 e. The van der Waals surface area contributed by atoms with Gasteiger partial charge in [-0.25, -0.2) is 9.59 Å². The minimum atomic E-state index is -0.995. The molecule has 26 heavy (non-hydrogen) atoms. The van der Waals surface area contributed by atoms with Gasteiger partial charge in [0.25, 0.3) is 0 Å². The van der Waals surface area contributed by atoms with E-state index in [0.717, 1.165) is 10.9 Å². The first kappa shape index (κ1) is 17.8. The number of amides is 1. The Morgan fingerprint density at radius 1 is 1.15 bits per heavy atom. The third kappa shape index (κ3) is 3.94. The lowest BCUT2D eigenvalue weighted by molar-refractivity contribution is -0.114. The van der Waals surface area contributed by atoms with E-state index in [2.05, 4.69) is 5.32 Å². The molecule has 0 bridgehead atoms. The van der Waals surface area contributed by atoms with Crippen LogP contribution in [0.2, 0.25) is 0 Å². The molecule has 3 aromatic rings. The lowest BCUT2D eigenvalue weighted by Gasteiger charge is -2.09. The molecule has 0 fully saturated rings. The second kappa shape index (κ2) is 7.45. The van der Waals surface area contributed by atoms with Gasteiger partial charge >= 0.3 is 11.6 Å². The third-order valence-electron chi connectivity index (χ3n) is 3.65. The third-order valence-corrected chi connectivity index (χ3v) is 4.77. The number of hydrogen-bond acceptors (Lipinski definition) is 5. The number of carbonyl (C=O) groups excluding carboxylic acids is 1. The van der Waals surface area contributed by atoms with E-state index in [1.54, 1.807) is 42.5 Å².